The zero-order chi connectivity index (χ0) is 26.6. The molecule has 37 heavy (non-hydrogen) atoms. The normalized spacial score (nSPS) is 11.4. The van der Waals surface area contributed by atoms with E-state index in [1.54, 1.807) is 18.2 Å². The summed E-state index contributed by atoms with van der Waals surface area (Å²) in [5.74, 6) is -4.69. The van der Waals surface area contributed by atoms with E-state index in [1.807, 2.05) is 0 Å². The fraction of sp³-hybridized carbons (Fsp3) is 0.190. The second-order valence-electron chi connectivity index (χ2n) is 7.59. The maximum Gasteiger partial charge on any atom is 0.347 e. The van der Waals surface area contributed by atoms with E-state index in [9.17, 15) is 23.6 Å². The van der Waals surface area contributed by atoms with Crippen molar-refractivity contribution >= 4 is 34.9 Å². The Morgan fingerprint density at radius 1 is 1.22 bits per heavy atom. The molecule has 4 aromatic rings. The van der Waals surface area contributed by atoms with E-state index in [2.05, 4.69) is 31.1 Å². The Kier molecular flexibility index (Phi) is 7.59. The predicted octanol–water partition coefficient (Wildman–Crippen LogP) is 1.68. The number of aromatic nitrogens is 7. The van der Waals surface area contributed by atoms with Crippen molar-refractivity contribution in [1.29, 1.82) is 0 Å². The zero-order valence-corrected chi connectivity index (χ0v) is 20.2. The Morgan fingerprint density at radius 3 is 2.76 bits per heavy atom. The van der Waals surface area contributed by atoms with Crippen LogP contribution in [0.5, 0.6) is 0 Å². The monoisotopic (exact) mass is 551 g/mol. The summed E-state index contributed by atoms with van der Waals surface area (Å²) in [6.45, 7) is -1.61. The molecule has 0 saturated heterocycles. The topological polar surface area (TPSA) is 147 Å². The number of amides is 1. The summed E-state index contributed by atoms with van der Waals surface area (Å²) >= 11 is 12.1. The number of pyridine rings is 1. The van der Waals surface area contributed by atoms with E-state index in [-0.39, 0.29) is 16.4 Å². The van der Waals surface area contributed by atoms with Crippen LogP contribution in [0.4, 0.5) is 14.6 Å². The van der Waals surface area contributed by atoms with Crippen molar-refractivity contribution in [2.45, 2.75) is 19.0 Å². The highest BCUT2D eigenvalue weighted by molar-refractivity contribution is 6.30. The lowest BCUT2D eigenvalue weighted by Crippen LogP contribution is -2.41. The van der Waals surface area contributed by atoms with Gasteiger partial charge in [0, 0.05) is 23.7 Å². The van der Waals surface area contributed by atoms with E-state index >= 15 is 0 Å². The minimum absolute atomic E-state index is 0.00956. The summed E-state index contributed by atoms with van der Waals surface area (Å²) in [7, 11) is 0. The largest absolute Gasteiger partial charge is 0.618 e. The summed E-state index contributed by atoms with van der Waals surface area (Å²) in [6.07, 6.45) is 3.35. The SMILES string of the molecule is O=C(Cn1c(Cl)cnc(NCC(F)(F)c2cccc[n+]2[O-])c1=O)NCc1cc(Cl)ccc1-n1cnnn1. The number of hydrogen-bond donors (Lipinski definition) is 2. The summed E-state index contributed by atoms with van der Waals surface area (Å²) in [6, 6.07) is 8.49. The van der Waals surface area contributed by atoms with Crippen LogP contribution in [0.3, 0.4) is 0 Å². The van der Waals surface area contributed by atoms with Gasteiger partial charge in [-0.15, -0.1) is 5.10 Å². The number of carbonyl (C=O) groups is 1. The fourth-order valence-electron chi connectivity index (χ4n) is 3.32. The molecule has 4 rings (SSSR count). The highest BCUT2D eigenvalue weighted by Crippen LogP contribution is 2.25. The van der Waals surface area contributed by atoms with E-state index in [0.717, 1.165) is 23.0 Å². The summed E-state index contributed by atoms with van der Waals surface area (Å²) in [5, 5.41) is 27.8. The Labute approximate surface area is 217 Å². The Hall–Kier alpha value is -4.17. The van der Waals surface area contributed by atoms with Gasteiger partial charge in [0.1, 0.15) is 18.0 Å². The third-order valence-corrected chi connectivity index (χ3v) is 5.63. The van der Waals surface area contributed by atoms with Crippen LogP contribution in [-0.2, 0) is 23.8 Å². The second kappa shape index (κ2) is 10.8. The van der Waals surface area contributed by atoms with E-state index in [0.29, 0.717) is 16.3 Å². The van der Waals surface area contributed by atoms with Gasteiger partial charge in [0.25, 0.3) is 11.3 Å². The van der Waals surface area contributed by atoms with Gasteiger partial charge >= 0.3 is 5.92 Å². The average Bonchev–Trinajstić information content (AvgIpc) is 3.40. The van der Waals surface area contributed by atoms with Crippen molar-refractivity contribution in [2.75, 3.05) is 11.9 Å². The molecule has 192 valence electrons. The van der Waals surface area contributed by atoms with Crippen LogP contribution >= 0.6 is 23.2 Å². The highest BCUT2D eigenvalue weighted by Gasteiger charge is 2.39. The number of nitrogens with zero attached hydrogens (tertiary/aromatic N) is 7. The van der Waals surface area contributed by atoms with Crippen LogP contribution in [0.2, 0.25) is 10.2 Å². The van der Waals surface area contributed by atoms with Gasteiger partial charge < -0.3 is 15.8 Å². The average molecular weight is 552 g/mol. The van der Waals surface area contributed by atoms with Gasteiger partial charge in [-0.2, -0.15) is 13.5 Å². The molecule has 16 heteroatoms. The molecule has 0 fully saturated rings. The Morgan fingerprint density at radius 2 is 2.03 bits per heavy atom. The highest BCUT2D eigenvalue weighted by atomic mass is 35.5. The Balaban J connectivity index is 1.46. The summed E-state index contributed by atoms with van der Waals surface area (Å²) in [4.78, 5) is 29.2. The summed E-state index contributed by atoms with van der Waals surface area (Å²) < 4.78 is 31.3. The van der Waals surface area contributed by atoms with Crippen LogP contribution in [0.1, 0.15) is 11.3 Å². The van der Waals surface area contributed by atoms with Gasteiger partial charge in [0.05, 0.1) is 18.4 Å². The molecule has 0 atom stereocenters. The van der Waals surface area contributed by atoms with Gasteiger partial charge in [-0.1, -0.05) is 23.2 Å². The van der Waals surface area contributed by atoms with Gasteiger partial charge in [-0.25, -0.2) is 9.67 Å². The lowest BCUT2D eigenvalue weighted by Gasteiger charge is -2.17. The number of tetrazole rings is 1. The van der Waals surface area contributed by atoms with Crippen molar-refractivity contribution in [2.24, 2.45) is 0 Å². The van der Waals surface area contributed by atoms with Gasteiger partial charge in [-0.05, 0) is 40.3 Å². The van der Waals surface area contributed by atoms with E-state index < -0.39 is 42.0 Å². The van der Waals surface area contributed by atoms with Crippen LogP contribution in [-0.4, -0.2) is 42.2 Å². The lowest BCUT2D eigenvalue weighted by molar-refractivity contribution is -0.624. The standard InChI is InChI=1S/C21H17Cl2F2N9O3/c22-14-4-5-15(33-12-29-30-31-33)13(7-14)8-26-18(35)10-32-17(23)9-27-19(20(32)36)28-11-21(24,25)16-3-1-2-6-34(16)37/h1-7,9,12H,8,10-11H2,(H,26,35)(H,27,28). The first-order valence-electron chi connectivity index (χ1n) is 10.5. The van der Waals surface area contributed by atoms with Gasteiger partial charge in [-0.3, -0.25) is 14.2 Å². The number of rotatable bonds is 9. The van der Waals surface area contributed by atoms with Crippen LogP contribution < -0.4 is 20.9 Å². The number of anilines is 1. The molecule has 12 nitrogen and oxygen atoms in total. The molecule has 0 aliphatic carbocycles. The molecular formula is C21H17Cl2F2N9O3. The lowest BCUT2D eigenvalue weighted by atomic mass is 10.1. The third kappa shape index (κ3) is 5.98. The first kappa shape index (κ1) is 25.9. The fourth-order valence-corrected chi connectivity index (χ4v) is 3.70. The minimum Gasteiger partial charge on any atom is -0.618 e. The molecule has 0 aliphatic heterocycles. The number of nitrogens with one attached hydrogen (secondary N) is 2. The van der Waals surface area contributed by atoms with Crippen molar-refractivity contribution < 1.29 is 18.3 Å². The smallest absolute Gasteiger partial charge is 0.347 e. The Bertz CT molecular complexity index is 1480. The molecule has 3 heterocycles. The maximum absolute atomic E-state index is 14.5. The van der Waals surface area contributed by atoms with Crippen LogP contribution in [0.15, 0.2) is 59.9 Å². The number of alkyl halides is 2. The van der Waals surface area contributed by atoms with Crippen molar-refractivity contribution in [3.05, 3.63) is 92.1 Å². The van der Waals surface area contributed by atoms with Gasteiger partial charge in [0.2, 0.25) is 5.91 Å². The molecule has 0 bridgehead atoms. The quantitative estimate of drug-likeness (QED) is 0.236. The first-order chi connectivity index (χ1) is 17.7. The molecule has 0 aliphatic rings. The number of hydrogen-bond acceptors (Lipinski definition) is 8. The first-order valence-corrected chi connectivity index (χ1v) is 11.3. The molecule has 2 N–H and O–H groups in total. The summed E-state index contributed by atoms with van der Waals surface area (Å²) in [5.41, 5.74) is -0.557. The van der Waals surface area contributed by atoms with E-state index in [4.69, 9.17) is 23.2 Å². The van der Waals surface area contributed by atoms with Crippen LogP contribution in [0.25, 0.3) is 5.69 Å². The number of carbonyl (C=O) groups excluding carboxylic acids is 1. The molecule has 1 amide bonds. The second-order valence-corrected chi connectivity index (χ2v) is 8.42. The molecular weight excluding hydrogens is 535 g/mol. The molecule has 0 unspecified atom stereocenters. The van der Waals surface area contributed by atoms with Crippen molar-refractivity contribution in [1.82, 2.24) is 35.1 Å². The van der Waals surface area contributed by atoms with Crippen molar-refractivity contribution in [3.8, 4) is 5.69 Å². The molecule has 1 aromatic carbocycles. The zero-order valence-electron chi connectivity index (χ0n) is 18.7. The molecule has 0 radical (unpaired) electrons. The van der Waals surface area contributed by atoms with Crippen LogP contribution in [0, 0.1) is 5.21 Å². The minimum atomic E-state index is -3.62. The molecule has 3 aromatic heterocycles. The number of halogens is 4. The third-order valence-electron chi connectivity index (χ3n) is 5.10. The molecule has 0 saturated carbocycles. The van der Waals surface area contributed by atoms with Crippen molar-refractivity contribution in [3.63, 3.8) is 0 Å². The molecule has 0 spiro atoms. The predicted molar refractivity (Wildman–Crippen MR) is 127 cm³/mol. The maximum atomic E-state index is 14.5. The van der Waals surface area contributed by atoms with Gasteiger partial charge in [0.15, 0.2) is 12.0 Å². The number of benzene rings is 1. The van der Waals surface area contributed by atoms with E-state index in [1.165, 1.54) is 23.1 Å².